The monoisotopic (exact) mass is 195 g/mol. The number of hydrogen-bond acceptors (Lipinski definition) is 2. The Morgan fingerprint density at radius 3 is 2.33 bits per heavy atom. The topological polar surface area (TPSA) is 25.8 Å². The fraction of sp³-hybridized carbons (Fsp3) is 0.200. The van der Waals surface area contributed by atoms with Crippen molar-refractivity contribution in [3.8, 4) is 0 Å². The van der Waals surface area contributed by atoms with E-state index >= 15 is 0 Å². The van der Waals surface area contributed by atoms with Gasteiger partial charge in [-0.15, -0.1) is 5.10 Å². The van der Waals surface area contributed by atoms with Crippen molar-refractivity contribution in [1.82, 2.24) is 10.2 Å². The normalized spacial score (nSPS) is 11.8. The van der Waals surface area contributed by atoms with Crippen molar-refractivity contribution >= 4 is 24.2 Å². The lowest BCUT2D eigenvalue weighted by Gasteiger charge is -2.12. The standard InChI is InChI=1S/C5H4BClF3N2/c1-3-2-4(6(8,9)10)11-12-5(3)7/h2H,1H3/q-1. The molecule has 0 aromatic carbocycles. The average Bonchev–Trinajstić information content (AvgIpc) is 1.92. The van der Waals surface area contributed by atoms with Gasteiger partial charge in [-0.25, -0.2) is 0 Å². The third-order valence-corrected chi connectivity index (χ3v) is 1.65. The number of halogens is 4. The minimum Gasteiger partial charge on any atom is -0.444 e. The first-order chi connectivity index (χ1) is 5.41. The fourth-order valence-electron chi connectivity index (χ4n) is 0.651. The smallest absolute Gasteiger partial charge is 0.444 e. The second-order valence-electron chi connectivity index (χ2n) is 2.32. The van der Waals surface area contributed by atoms with Crippen molar-refractivity contribution < 1.29 is 12.9 Å². The molecule has 0 fully saturated rings. The zero-order valence-electron chi connectivity index (χ0n) is 6.06. The molecule has 2 nitrogen and oxygen atoms in total. The van der Waals surface area contributed by atoms with Crippen molar-refractivity contribution in [1.29, 1.82) is 0 Å². The van der Waals surface area contributed by atoms with Gasteiger partial charge in [0, 0.05) is 5.59 Å². The highest BCUT2D eigenvalue weighted by Crippen LogP contribution is 2.11. The first kappa shape index (κ1) is 9.31. The van der Waals surface area contributed by atoms with Gasteiger partial charge in [0.1, 0.15) is 0 Å². The van der Waals surface area contributed by atoms with Crippen LogP contribution in [0.4, 0.5) is 12.9 Å². The summed E-state index contributed by atoms with van der Waals surface area (Å²) in [5.41, 5.74) is -0.683. The first-order valence-electron chi connectivity index (χ1n) is 3.11. The van der Waals surface area contributed by atoms with Crippen LogP contribution in [0.2, 0.25) is 5.15 Å². The summed E-state index contributed by atoms with van der Waals surface area (Å²) in [5.74, 6) is 0. The van der Waals surface area contributed by atoms with E-state index in [9.17, 15) is 12.9 Å². The molecular formula is C5H4BClF3N2-. The molecule has 1 aromatic heterocycles. The Morgan fingerprint density at radius 2 is 1.92 bits per heavy atom. The van der Waals surface area contributed by atoms with Crippen LogP contribution in [0.1, 0.15) is 5.56 Å². The van der Waals surface area contributed by atoms with E-state index in [0.717, 1.165) is 6.07 Å². The van der Waals surface area contributed by atoms with Crippen LogP contribution >= 0.6 is 11.6 Å². The Kier molecular flexibility index (Phi) is 2.28. The maximum atomic E-state index is 12.0. The van der Waals surface area contributed by atoms with Gasteiger partial charge >= 0.3 is 6.98 Å². The molecule has 0 spiro atoms. The van der Waals surface area contributed by atoms with Gasteiger partial charge in [-0.1, -0.05) is 17.7 Å². The zero-order valence-corrected chi connectivity index (χ0v) is 6.82. The van der Waals surface area contributed by atoms with Gasteiger partial charge in [0.2, 0.25) is 0 Å². The summed E-state index contributed by atoms with van der Waals surface area (Å²) in [4.78, 5) is 0. The fourth-order valence-corrected chi connectivity index (χ4v) is 0.743. The maximum Gasteiger partial charge on any atom is 0.529 e. The molecule has 0 amide bonds. The quantitative estimate of drug-likeness (QED) is 0.635. The Bertz CT molecular complexity index is 301. The number of hydrogen-bond donors (Lipinski definition) is 0. The second kappa shape index (κ2) is 2.93. The van der Waals surface area contributed by atoms with Gasteiger partial charge in [-0.05, 0) is 12.5 Å². The van der Waals surface area contributed by atoms with Crippen LogP contribution in [0.25, 0.3) is 0 Å². The van der Waals surface area contributed by atoms with Gasteiger partial charge in [0.15, 0.2) is 5.15 Å². The third-order valence-electron chi connectivity index (χ3n) is 1.28. The SMILES string of the molecule is Cc1cc([B-](F)(F)F)nnc1Cl. The van der Waals surface area contributed by atoms with E-state index in [1.807, 2.05) is 0 Å². The number of aryl methyl sites for hydroxylation is 1. The predicted octanol–water partition coefficient (Wildman–Crippen LogP) is 1.49. The molecule has 0 aliphatic heterocycles. The number of nitrogens with zero attached hydrogens (tertiary/aromatic N) is 2. The highest BCUT2D eigenvalue weighted by atomic mass is 35.5. The van der Waals surface area contributed by atoms with Crippen molar-refractivity contribution in [2.45, 2.75) is 6.92 Å². The number of aromatic nitrogens is 2. The highest BCUT2D eigenvalue weighted by molar-refractivity contribution is 6.72. The second-order valence-corrected chi connectivity index (χ2v) is 2.68. The van der Waals surface area contributed by atoms with E-state index in [1.54, 1.807) is 0 Å². The lowest BCUT2D eigenvalue weighted by molar-refractivity contribution is 0.497. The summed E-state index contributed by atoms with van der Waals surface area (Å²) in [6.45, 7) is -3.62. The molecule has 0 saturated heterocycles. The summed E-state index contributed by atoms with van der Waals surface area (Å²) in [6.07, 6.45) is 0. The molecule has 7 heteroatoms. The lowest BCUT2D eigenvalue weighted by atomic mass is 9.85. The van der Waals surface area contributed by atoms with Gasteiger partial charge < -0.3 is 12.9 Å². The van der Waals surface area contributed by atoms with Crippen LogP contribution in [0.5, 0.6) is 0 Å². The molecule has 0 radical (unpaired) electrons. The van der Waals surface area contributed by atoms with Crippen LogP contribution in [0.3, 0.4) is 0 Å². The molecule has 1 rings (SSSR count). The Balaban J connectivity index is 3.14. The molecule has 1 aromatic rings. The summed E-state index contributed by atoms with van der Waals surface area (Å²) < 4.78 is 36.0. The van der Waals surface area contributed by atoms with Crippen LogP contribution in [0.15, 0.2) is 6.07 Å². The Morgan fingerprint density at radius 1 is 1.33 bits per heavy atom. The summed E-state index contributed by atoms with van der Waals surface area (Å²) in [7, 11) is 0. The molecule has 12 heavy (non-hydrogen) atoms. The van der Waals surface area contributed by atoms with Gasteiger partial charge in [-0.3, -0.25) is 0 Å². The minimum atomic E-state index is -5.07. The van der Waals surface area contributed by atoms with E-state index < -0.39 is 12.6 Å². The summed E-state index contributed by atoms with van der Waals surface area (Å²) in [6, 6.07) is 0.884. The third kappa shape index (κ3) is 1.88. The molecule has 1 heterocycles. The van der Waals surface area contributed by atoms with Gasteiger partial charge in [-0.2, -0.15) is 5.10 Å². The van der Waals surface area contributed by atoms with Crippen molar-refractivity contribution in [3.05, 3.63) is 16.8 Å². The zero-order chi connectivity index (χ0) is 9.35. The molecular weight excluding hydrogens is 191 g/mol. The van der Waals surface area contributed by atoms with Gasteiger partial charge in [0.25, 0.3) is 0 Å². The van der Waals surface area contributed by atoms with Crippen LogP contribution in [-0.2, 0) is 0 Å². The van der Waals surface area contributed by atoms with Crippen molar-refractivity contribution in [2.24, 2.45) is 0 Å². The van der Waals surface area contributed by atoms with Crippen molar-refractivity contribution in [3.63, 3.8) is 0 Å². The molecule has 0 N–H and O–H groups in total. The highest BCUT2D eigenvalue weighted by Gasteiger charge is 2.28. The minimum absolute atomic E-state index is 0.00111. The van der Waals surface area contributed by atoms with Crippen LogP contribution in [-0.4, -0.2) is 17.2 Å². The Labute approximate surface area is 71.8 Å². The Hall–Kier alpha value is -0.775. The molecule has 0 aliphatic carbocycles. The van der Waals surface area contributed by atoms with E-state index in [4.69, 9.17) is 11.6 Å². The van der Waals surface area contributed by atoms with Crippen LogP contribution in [0, 0.1) is 6.92 Å². The van der Waals surface area contributed by atoms with Crippen LogP contribution < -0.4 is 5.59 Å². The van der Waals surface area contributed by atoms with E-state index in [2.05, 4.69) is 10.2 Å². The molecule has 0 aliphatic rings. The number of rotatable bonds is 1. The molecule has 0 unspecified atom stereocenters. The maximum absolute atomic E-state index is 12.0. The van der Waals surface area contributed by atoms with E-state index in [0.29, 0.717) is 0 Å². The predicted molar refractivity (Wildman–Crippen MR) is 40.5 cm³/mol. The lowest BCUT2D eigenvalue weighted by Crippen LogP contribution is -2.37. The van der Waals surface area contributed by atoms with E-state index in [1.165, 1.54) is 6.92 Å². The molecule has 0 atom stereocenters. The molecule has 0 saturated carbocycles. The molecule has 66 valence electrons. The summed E-state index contributed by atoms with van der Waals surface area (Å²) in [5, 5.41) is 6.09. The largest absolute Gasteiger partial charge is 0.529 e. The summed E-state index contributed by atoms with van der Waals surface area (Å²) >= 11 is 5.40. The molecule has 0 bridgehead atoms. The first-order valence-corrected chi connectivity index (χ1v) is 3.48. The van der Waals surface area contributed by atoms with Gasteiger partial charge in [0.05, 0.1) is 0 Å². The van der Waals surface area contributed by atoms with Crippen molar-refractivity contribution in [2.75, 3.05) is 0 Å². The van der Waals surface area contributed by atoms with E-state index in [-0.39, 0.29) is 10.7 Å². The average molecular weight is 195 g/mol.